The van der Waals surface area contributed by atoms with Crippen molar-refractivity contribution in [2.45, 2.75) is 13.5 Å². The molecule has 0 amide bonds. The van der Waals surface area contributed by atoms with Crippen LogP contribution in [0.15, 0.2) is 36.4 Å². The molecule has 4 nitrogen and oxygen atoms in total. The summed E-state index contributed by atoms with van der Waals surface area (Å²) in [5.74, 6) is 1.28. The van der Waals surface area contributed by atoms with E-state index in [1.54, 1.807) is 19.2 Å². The normalized spacial score (nSPS) is 10.5. The van der Waals surface area contributed by atoms with Crippen LogP contribution in [0, 0.1) is 0 Å². The predicted molar refractivity (Wildman–Crippen MR) is 110 cm³/mol. The molecule has 0 saturated heterocycles. The Bertz CT molecular complexity index is 756. The van der Waals surface area contributed by atoms with Gasteiger partial charge in [0, 0.05) is 19.2 Å². The Balaban J connectivity index is 2.09. The van der Waals surface area contributed by atoms with Gasteiger partial charge in [-0.1, -0.05) is 41.5 Å². The number of hydrogen-bond acceptors (Lipinski definition) is 4. The average molecular weight is 414 g/mol. The fourth-order valence-electron chi connectivity index (χ4n) is 2.20. The van der Waals surface area contributed by atoms with Crippen molar-refractivity contribution in [1.29, 1.82) is 0 Å². The molecule has 0 saturated carbocycles. The summed E-state index contributed by atoms with van der Waals surface area (Å²) in [6.07, 6.45) is 0. The molecule has 0 unspecified atom stereocenters. The van der Waals surface area contributed by atoms with Crippen molar-refractivity contribution < 1.29 is 14.2 Å². The van der Waals surface area contributed by atoms with Crippen LogP contribution in [0.3, 0.4) is 0 Å². The molecule has 0 fully saturated rings. The van der Waals surface area contributed by atoms with Crippen molar-refractivity contribution in [3.63, 3.8) is 0 Å². The van der Waals surface area contributed by atoms with Crippen molar-refractivity contribution in [2.24, 2.45) is 0 Å². The summed E-state index contributed by atoms with van der Waals surface area (Å²) in [6.45, 7) is 4.03. The van der Waals surface area contributed by atoms with Gasteiger partial charge in [-0.15, -0.1) is 0 Å². The molecule has 2 aromatic rings. The van der Waals surface area contributed by atoms with Crippen molar-refractivity contribution in [2.75, 3.05) is 26.9 Å². The van der Waals surface area contributed by atoms with Gasteiger partial charge in [-0.25, -0.2) is 0 Å². The second-order valence-corrected chi connectivity index (χ2v) is 6.60. The highest BCUT2D eigenvalue weighted by Crippen LogP contribution is 2.30. The van der Waals surface area contributed by atoms with Crippen molar-refractivity contribution in [3.05, 3.63) is 57.6 Å². The Hall–Kier alpha value is -1.53. The molecule has 0 aliphatic rings. The lowest BCUT2D eigenvalue weighted by atomic mass is 10.2. The highest BCUT2D eigenvalue weighted by molar-refractivity contribution is 7.80. The Kier molecular flexibility index (Phi) is 8.45. The van der Waals surface area contributed by atoms with Gasteiger partial charge < -0.3 is 19.5 Å². The van der Waals surface area contributed by atoms with E-state index in [0.29, 0.717) is 52.9 Å². The van der Waals surface area contributed by atoms with Crippen LogP contribution in [0.2, 0.25) is 10.0 Å². The van der Waals surface area contributed by atoms with Crippen LogP contribution in [0.4, 0.5) is 0 Å². The molecule has 0 radical (unpaired) electrons. The van der Waals surface area contributed by atoms with Gasteiger partial charge in [-0.3, -0.25) is 0 Å². The molecule has 140 valence electrons. The molecular formula is C19H21Cl2NO3S. The molecule has 2 aromatic carbocycles. The van der Waals surface area contributed by atoms with Crippen LogP contribution in [0.1, 0.15) is 18.1 Å². The standard InChI is InChI=1S/C19H21Cl2NO3S/c1-3-24-18-11-14(19(26)22-8-9-23-2)5-7-17(18)25-12-13-4-6-15(20)16(21)10-13/h4-7,10-11H,3,8-9,12H2,1-2H3,(H,22,26). The first kappa shape index (κ1) is 20.8. The number of rotatable bonds is 9. The second-order valence-electron chi connectivity index (χ2n) is 5.38. The first-order valence-corrected chi connectivity index (χ1v) is 9.32. The van der Waals surface area contributed by atoms with E-state index in [-0.39, 0.29) is 0 Å². The molecule has 7 heteroatoms. The van der Waals surface area contributed by atoms with E-state index in [2.05, 4.69) is 5.32 Å². The Morgan fingerprint density at radius 1 is 1.04 bits per heavy atom. The van der Waals surface area contributed by atoms with E-state index >= 15 is 0 Å². The number of halogens is 2. The summed E-state index contributed by atoms with van der Waals surface area (Å²) in [7, 11) is 1.65. The van der Waals surface area contributed by atoms with Gasteiger partial charge in [-0.2, -0.15) is 0 Å². The van der Waals surface area contributed by atoms with Crippen LogP contribution in [0.25, 0.3) is 0 Å². The molecule has 0 aliphatic heterocycles. The topological polar surface area (TPSA) is 39.7 Å². The number of nitrogens with one attached hydrogen (secondary N) is 1. The summed E-state index contributed by atoms with van der Waals surface area (Å²) in [4.78, 5) is 0.638. The fourth-order valence-corrected chi connectivity index (χ4v) is 2.75. The molecule has 0 spiro atoms. The van der Waals surface area contributed by atoms with Crippen molar-refractivity contribution in [3.8, 4) is 11.5 Å². The van der Waals surface area contributed by atoms with Gasteiger partial charge in [-0.05, 0) is 42.8 Å². The molecule has 0 bridgehead atoms. The first-order chi connectivity index (χ1) is 12.5. The number of hydrogen-bond donors (Lipinski definition) is 1. The molecule has 1 N–H and O–H groups in total. The van der Waals surface area contributed by atoms with Crippen LogP contribution >= 0.6 is 35.4 Å². The Morgan fingerprint density at radius 3 is 2.54 bits per heavy atom. The molecule has 0 heterocycles. The Morgan fingerprint density at radius 2 is 1.85 bits per heavy atom. The zero-order chi connectivity index (χ0) is 18.9. The van der Waals surface area contributed by atoms with Gasteiger partial charge >= 0.3 is 0 Å². The summed E-state index contributed by atoms with van der Waals surface area (Å²) in [5, 5.41) is 4.16. The van der Waals surface area contributed by atoms with E-state index in [0.717, 1.165) is 11.1 Å². The van der Waals surface area contributed by atoms with Crippen LogP contribution in [-0.4, -0.2) is 31.9 Å². The third-order valence-electron chi connectivity index (χ3n) is 3.48. The second kappa shape index (κ2) is 10.6. The van der Waals surface area contributed by atoms with E-state index < -0.39 is 0 Å². The van der Waals surface area contributed by atoms with E-state index in [1.807, 2.05) is 31.2 Å². The Labute approximate surface area is 169 Å². The maximum atomic E-state index is 6.04. The minimum Gasteiger partial charge on any atom is -0.490 e. The highest BCUT2D eigenvalue weighted by atomic mass is 35.5. The smallest absolute Gasteiger partial charge is 0.161 e. The minimum atomic E-state index is 0.354. The zero-order valence-corrected chi connectivity index (χ0v) is 17.0. The summed E-state index contributed by atoms with van der Waals surface area (Å²) in [6, 6.07) is 11.0. The van der Waals surface area contributed by atoms with Crippen LogP contribution in [0.5, 0.6) is 11.5 Å². The third kappa shape index (κ3) is 6.02. The van der Waals surface area contributed by atoms with Crippen LogP contribution in [-0.2, 0) is 11.3 Å². The minimum absolute atomic E-state index is 0.354. The van der Waals surface area contributed by atoms with Gasteiger partial charge in [0.1, 0.15) is 11.6 Å². The monoisotopic (exact) mass is 413 g/mol. The molecule has 0 aliphatic carbocycles. The number of methoxy groups -OCH3 is 1. The van der Waals surface area contributed by atoms with E-state index in [4.69, 9.17) is 49.6 Å². The molecule has 0 atom stereocenters. The summed E-state index contributed by atoms with van der Waals surface area (Å²) >= 11 is 17.4. The fraction of sp³-hybridized carbons (Fsp3) is 0.316. The maximum Gasteiger partial charge on any atom is 0.161 e. The number of thiocarbonyl (C=S) groups is 1. The summed E-state index contributed by atoms with van der Waals surface area (Å²) in [5.41, 5.74) is 1.78. The number of benzene rings is 2. The van der Waals surface area contributed by atoms with Gasteiger partial charge in [0.15, 0.2) is 11.5 Å². The van der Waals surface area contributed by atoms with Crippen molar-refractivity contribution in [1.82, 2.24) is 5.32 Å². The zero-order valence-electron chi connectivity index (χ0n) is 14.7. The van der Waals surface area contributed by atoms with Gasteiger partial charge in [0.25, 0.3) is 0 Å². The van der Waals surface area contributed by atoms with Gasteiger partial charge in [0.05, 0.1) is 23.3 Å². The lowest BCUT2D eigenvalue weighted by Gasteiger charge is -2.15. The quantitative estimate of drug-likeness (QED) is 0.468. The lowest BCUT2D eigenvalue weighted by molar-refractivity contribution is 0.204. The molecule has 2 rings (SSSR count). The van der Waals surface area contributed by atoms with Gasteiger partial charge in [0.2, 0.25) is 0 Å². The highest BCUT2D eigenvalue weighted by Gasteiger charge is 2.10. The van der Waals surface area contributed by atoms with E-state index in [9.17, 15) is 0 Å². The largest absolute Gasteiger partial charge is 0.490 e. The van der Waals surface area contributed by atoms with Crippen LogP contribution < -0.4 is 14.8 Å². The van der Waals surface area contributed by atoms with E-state index in [1.165, 1.54) is 0 Å². The molecule has 0 aromatic heterocycles. The molecule has 26 heavy (non-hydrogen) atoms. The first-order valence-electron chi connectivity index (χ1n) is 8.15. The summed E-state index contributed by atoms with van der Waals surface area (Å²) < 4.78 is 16.6. The third-order valence-corrected chi connectivity index (χ3v) is 4.59. The average Bonchev–Trinajstić information content (AvgIpc) is 2.63. The molecular weight excluding hydrogens is 393 g/mol. The lowest BCUT2D eigenvalue weighted by Crippen LogP contribution is -2.26. The number of ether oxygens (including phenoxy) is 3. The SMILES string of the molecule is CCOc1cc(C(=S)NCCOC)ccc1OCc1ccc(Cl)c(Cl)c1. The maximum absolute atomic E-state index is 6.04. The van der Waals surface area contributed by atoms with Crippen molar-refractivity contribution >= 4 is 40.4 Å². The predicted octanol–water partition coefficient (Wildman–Crippen LogP) is 4.88.